The second-order valence-corrected chi connectivity index (χ2v) is 5.42. The first-order valence-corrected chi connectivity index (χ1v) is 7.25. The van der Waals surface area contributed by atoms with Crippen molar-refractivity contribution in [1.29, 1.82) is 0 Å². The number of thiazole rings is 1. The molecule has 0 spiro atoms. The first-order valence-electron chi connectivity index (χ1n) is 6.43. The van der Waals surface area contributed by atoms with Crippen molar-refractivity contribution in [3.63, 3.8) is 0 Å². The van der Waals surface area contributed by atoms with Gasteiger partial charge in [0.25, 0.3) is 5.91 Å². The molecule has 0 unspecified atom stereocenters. The van der Waals surface area contributed by atoms with Gasteiger partial charge in [0, 0.05) is 0 Å². The lowest BCUT2D eigenvalue weighted by atomic mass is 10.2. The Morgan fingerprint density at radius 3 is 2.82 bits per heavy atom. The Kier molecular flexibility index (Phi) is 3.88. The Morgan fingerprint density at radius 2 is 2.05 bits per heavy atom. The average molecular weight is 317 g/mol. The quantitative estimate of drug-likeness (QED) is 0.725. The average Bonchev–Trinajstić information content (AvgIpc) is 2.96. The predicted octanol–water partition coefficient (Wildman–Crippen LogP) is 3.20. The first-order chi connectivity index (χ1) is 10.7. The third-order valence-corrected chi connectivity index (χ3v) is 3.94. The molecular formula is C15H12FN3O2S. The molecule has 0 saturated carbocycles. The number of carbonyl (C=O) groups excluding carboxylic acids is 1. The maximum atomic E-state index is 13.5. The standard InChI is InChI=1S/C15H12FN3O2S/c1-21-11-7-4-8-12-13(11)17-15(22-12)19-18-14(20)9-5-2-3-6-10(9)16/h2-8H,1H3,(H,17,19)(H,18,20). The number of nitrogens with one attached hydrogen (secondary N) is 2. The van der Waals surface area contributed by atoms with Gasteiger partial charge in [0.2, 0.25) is 5.13 Å². The number of fused-ring (bicyclic) bond motifs is 1. The van der Waals surface area contributed by atoms with Crippen LogP contribution in [-0.4, -0.2) is 18.0 Å². The normalized spacial score (nSPS) is 10.5. The van der Waals surface area contributed by atoms with E-state index in [-0.39, 0.29) is 5.56 Å². The van der Waals surface area contributed by atoms with E-state index in [1.54, 1.807) is 13.2 Å². The molecule has 5 nitrogen and oxygen atoms in total. The summed E-state index contributed by atoms with van der Waals surface area (Å²) in [5.74, 6) is -0.487. The molecule has 0 saturated heterocycles. The van der Waals surface area contributed by atoms with E-state index in [4.69, 9.17) is 4.74 Å². The number of para-hydroxylation sites is 1. The van der Waals surface area contributed by atoms with Crippen molar-refractivity contribution >= 4 is 32.6 Å². The van der Waals surface area contributed by atoms with Crippen molar-refractivity contribution < 1.29 is 13.9 Å². The Morgan fingerprint density at radius 1 is 1.23 bits per heavy atom. The Balaban J connectivity index is 1.77. The van der Waals surface area contributed by atoms with E-state index in [1.807, 2.05) is 18.2 Å². The summed E-state index contributed by atoms with van der Waals surface area (Å²) in [6.07, 6.45) is 0. The highest BCUT2D eigenvalue weighted by Crippen LogP contribution is 2.31. The fourth-order valence-corrected chi connectivity index (χ4v) is 2.80. The number of benzene rings is 2. The minimum absolute atomic E-state index is 0.0336. The zero-order valence-electron chi connectivity index (χ0n) is 11.6. The van der Waals surface area contributed by atoms with Gasteiger partial charge in [-0.05, 0) is 24.3 Å². The van der Waals surface area contributed by atoms with Gasteiger partial charge in [-0.25, -0.2) is 9.37 Å². The van der Waals surface area contributed by atoms with Gasteiger partial charge in [-0.1, -0.05) is 29.5 Å². The van der Waals surface area contributed by atoms with E-state index in [0.717, 1.165) is 4.70 Å². The van der Waals surface area contributed by atoms with Gasteiger partial charge >= 0.3 is 0 Å². The number of halogens is 1. The van der Waals surface area contributed by atoms with Crippen LogP contribution < -0.4 is 15.6 Å². The SMILES string of the molecule is COc1cccc2sc(NNC(=O)c3ccccc3F)nc12. The van der Waals surface area contributed by atoms with E-state index in [9.17, 15) is 9.18 Å². The number of rotatable bonds is 4. The van der Waals surface area contributed by atoms with Crippen molar-refractivity contribution in [2.75, 3.05) is 12.5 Å². The zero-order chi connectivity index (χ0) is 15.5. The minimum Gasteiger partial charge on any atom is -0.494 e. The van der Waals surface area contributed by atoms with Crippen LogP contribution in [-0.2, 0) is 0 Å². The Labute approximate surface area is 129 Å². The summed E-state index contributed by atoms with van der Waals surface area (Å²) in [7, 11) is 1.57. The molecule has 0 bridgehead atoms. The van der Waals surface area contributed by atoms with Crippen LogP contribution in [0, 0.1) is 5.82 Å². The van der Waals surface area contributed by atoms with Crippen molar-refractivity contribution in [3.8, 4) is 5.75 Å². The highest BCUT2D eigenvalue weighted by molar-refractivity contribution is 7.22. The summed E-state index contributed by atoms with van der Waals surface area (Å²) < 4.78 is 19.7. The maximum absolute atomic E-state index is 13.5. The van der Waals surface area contributed by atoms with Crippen LogP contribution in [0.15, 0.2) is 42.5 Å². The number of methoxy groups -OCH3 is 1. The Bertz CT molecular complexity index is 835. The van der Waals surface area contributed by atoms with E-state index >= 15 is 0 Å². The van der Waals surface area contributed by atoms with Crippen LogP contribution in [0.5, 0.6) is 5.75 Å². The highest BCUT2D eigenvalue weighted by atomic mass is 32.1. The molecule has 0 fully saturated rings. The van der Waals surface area contributed by atoms with Crippen LogP contribution in [0.25, 0.3) is 10.2 Å². The smallest absolute Gasteiger partial charge is 0.272 e. The number of anilines is 1. The van der Waals surface area contributed by atoms with E-state index < -0.39 is 11.7 Å². The van der Waals surface area contributed by atoms with E-state index in [1.165, 1.54) is 29.5 Å². The molecule has 1 amide bonds. The first kappa shape index (κ1) is 14.3. The van der Waals surface area contributed by atoms with Crippen molar-refractivity contribution in [2.24, 2.45) is 0 Å². The van der Waals surface area contributed by atoms with Crippen LogP contribution in [0.1, 0.15) is 10.4 Å². The van der Waals surface area contributed by atoms with Crippen molar-refractivity contribution in [2.45, 2.75) is 0 Å². The lowest BCUT2D eigenvalue weighted by Crippen LogP contribution is -2.29. The number of carbonyl (C=O) groups is 1. The molecule has 7 heteroatoms. The number of amides is 1. The van der Waals surface area contributed by atoms with Gasteiger partial charge in [0.1, 0.15) is 17.1 Å². The summed E-state index contributed by atoms with van der Waals surface area (Å²) in [5.41, 5.74) is 5.80. The van der Waals surface area contributed by atoms with Gasteiger partial charge in [-0.2, -0.15) is 0 Å². The maximum Gasteiger partial charge on any atom is 0.272 e. The summed E-state index contributed by atoms with van der Waals surface area (Å²) >= 11 is 1.36. The van der Waals surface area contributed by atoms with Gasteiger partial charge in [0.15, 0.2) is 0 Å². The highest BCUT2D eigenvalue weighted by Gasteiger charge is 2.12. The number of hydrazine groups is 1. The molecule has 0 aliphatic rings. The fourth-order valence-electron chi connectivity index (χ4n) is 1.96. The summed E-state index contributed by atoms with van der Waals surface area (Å²) in [6.45, 7) is 0. The number of hydrogen-bond donors (Lipinski definition) is 2. The predicted molar refractivity (Wildman–Crippen MR) is 83.7 cm³/mol. The minimum atomic E-state index is -0.576. The fraction of sp³-hybridized carbons (Fsp3) is 0.0667. The molecule has 3 rings (SSSR count). The molecule has 1 aromatic heterocycles. The monoisotopic (exact) mass is 317 g/mol. The van der Waals surface area contributed by atoms with E-state index in [0.29, 0.717) is 16.4 Å². The molecule has 2 N–H and O–H groups in total. The summed E-state index contributed by atoms with van der Waals surface area (Å²) in [4.78, 5) is 16.3. The van der Waals surface area contributed by atoms with Crippen molar-refractivity contribution in [1.82, 2.24) is 10.4 Å². The number of hydrogen-bond acceptors (Lipinski definition) is 5. The molecule has 0 aliphatic carbocycles. The van der Waals surface area contributed by atoms with Crippen LogP contribution >= 0.6 is 11.3 Å². The van der Waals surface area contributed by atoms with Crippen molar-refractivity contribution in [3.05, 3.63) is 53.8 Å². The zero-order valence-corrected chi connectivity index (χ0v) is 12.4. The second kappa shape index (κ2) is 5.98. The number of aromatic nitrogens is 1. The molecule has 112 valence electrons. The largest absolute Gasteiger partial charge is 0.494 e. The molecule has 0 radical (unpaired) electrons. The van der Waals surface area contributed by atoms with Crippen LogP contribution in [0.4, 0.5) is 9.52 Å². The van der Waals surface area contributed by atoms with Gasteiger partial charge in [-0.15, -0.1) is 0 Å². The van der Waals surface area contributed by atoms with Crippen LogP contribution in [0.3, 0.4) is 0 Å². The third kappa shape index (κ3) is 2.71. The molecule has 1 heterocycles. The molecule has 3 aromatic rings. The number of ether oxygens (including phenoxy) is 1. The number of nitrogens with zero attached hydrogens (tertiary/aromatic N) is 1. The topological polar surface area (TPSA) is 63.2 Å². The van der Waals surface area contributed by atoms with Gasteiger partial charge < -0.3 is 4.74 Å². The van der Waals surface area contributed by atoms with Gasteiger partial charge in [-0.3, -0.25) is 15.6 Å². The Hall–Kier alpha value is -2.67. The lowest BCUT2D eigenvalue weighted by molar-refractivity contribution is 0.0958. The van der Waals surface area contributed by atoms with E-state index in [2.05, 4.69) is 15.8 Å². The summed E-state index contributed by atoms with van der Waals surface area (Å²) in [6, 6.07) is 11.3. The lowest BCUT2D eigenvalue weighted by Gasteiger charge is -2.05. The molecular weight excluding hydrogens is 305 g/mol. The second-order valence-electron chi connectivity index (χ2n) is 4.39. The summed E-state index contributed by atoms with van der Waals surface area (Å²) in [5, 5.41) is 0.490. The molecule has 22 heavy (non-hydrogen) atoms. The van der Waals surface area contributed by atoms with Gasteiger partial charge in [0.05, 0.1) is 17.4 Å². The third-order valence-electron chi connectivity index (χ3n) is 3.00. The molecule has 2 aromatic carbocycles. The molecule has 0 atom stereocenters. The molecule has 0 aliphatic heterocycles. The van der Waals surface area contributed by atoms with Crippen LogP contribution in [0.2, 0.25) is 0 Å².